The van der Waals surface area contributed by atoms with Crippen LogP contribution in [-0.4, -0.2) is 36.2 Å². The summed E-state index contributed by atoms with van der Waals surface area (Å²) < 4.78 is 13.0. The van der Waals surface area contributed by atoms with Crippen molar-refractivity contribution in [1.82, 2.24) is 4.90 Å². The van der Waals surface area contributed by atoms with Crippen molar-refractivity contribution in [2.24, 2.45) is 0 Å². The maximum Gasteiger partial charge on any atom is 0.224 e. The Labute approximate surface area is 172 Å². The first-order valence-corrected chi connectivity index (χ1v) is 10.5. The van der Waals surface area contributed by atoms with Gasteiger partial charge in [-0.2, -0.15) is 0 Å². The molecule has 0 radical (unpaired) electrons. The zero-order valence-corrected chi connectivity index (χ0v) is 17.0. The van der Waals surface area contributed by atoms with E-state index in [1.807, 2.05) is 19.1 Å². The highest BCUT2D eigenvalue weighted by Crippen LogP contribution is 2.29. The van der Waals surface area contributed by atoms with E-state index in [1.165, 1.54) is 17.7 Å². The van der Waals surface area contributed by atoms with Crippen LogP contribution in [0.3, 0.4) is 0 Å². The summed E-state index contributed by atoms with van der Waals surface area (Å²) in [5.74, 6) is 0.297. The summed E-state index contributed by atoms with van der Waals surface area (Å²) in [4.78, 5) is 26.2. The fraction of sp³-hybridized carbons (Fsp3) is 0.417. The quantitative estimate of drug-likeness (QED) is 0.638. The van der Waals surface area contributed by atoms with E-state index in [2.05, 4.69) is 22.3 Å². The molecule has 0 atom stereocenters. The summed E-state index contributed by atoms with van der Waals surface area (Å²) >= 11 is 0. The van der Waals surface area contributed by atoms with Crippen molar-refractivity contribution >= 4 is 17.4 Å². The monoisotopic (exact) mass is 396 g/mol. The van der Waals surface area contributed by atoms with Crippen molar-refractivity contribution < 1.29 is 14.0 Å². The molecule has 1 aliphatic rings. The summed E-state index contributed by atoms with van der Waals surface area (Å²) in [5.41, 5.74) is 2.74. The predicted octanol–water partition coefficient (Wildman–Crippen LogP) is 5.02. The van der Waals surface area contributed by atoms with Gasteiger partial charge in [0, 0.05) is 24.1 Å². The summed E-state index contributed by atoms with van der Waals surface area (Å²) in [6, 6.07) is 14.0. The number of nitrogens with zero attached hydrogens (tertiary/aromatic N) is 1. The lowest BCUT2D eigenvalue weighted by Crippen LogP contribution is -2.33. The van der Waals surface area contributed by atoms with E-state index in [1.54, 1.807) is 12.1 Å². The highest BCUT2D eigenvalue weighted by atomic mass is 19.1. The van der Waals surface area contributed by atoms with Crippen LogP contribution in [0.2, 0.25) is 0 Å². The Morgan fingerprint density at radius 3 is 2.52 bits per heavy atom. The van der Waals surface area contributed by atoms with Gasteiger partial charge < -0.3 is 10.2 Å². The van der Waals surface area contributed by atoms with Gasteiger partial charge in [-0.15, -0.1) is 0 Å². The molecule has 1 heterocycles. The van der Waals surface area contributed by atoms with Gasteiger partial charge in [-0.3, -0.25) is 9.59 Å². The molecule has 5 heteroatoms. The van der Waals surface area contributed by atoms with Gasteiger partial charge in [0.1, 0.15) is 5.82 Å². The molecule has 0 aromatic heterocycles. The normalized spacial score (nSPS) is 15.2. The Bertz CT molecular complexity index is 827. The molecule has 1 saturated heterocycles. The number of Topliss-reactive ketones (excluding diaryl/α,β-unsaturated/α-hetero) is 1. The Kier molecular flexibility index (Phi) is 7.53. The number of piperidine rings is 1. The van der Waals surface area contributed by atoms with E-state index in [9.17, 15) is 14.0 Å². The van der Waals surface area contributed by atoms with Gasteiger partial charge in [-0.25, -0.2) is 4.39 Å². The number of hydrogen-bond donors (Lipinski definition) is 1. The van der Waals surface area contributed by atoms with E-state index in [4.69, 9.17) is 0 Å². The topological polar surface area (TPSA) is 49.4 Å². The number of hydrogen-bond acceptors (Lipinski definition) is 3. The van der Waals surface area contributed by atoms with Gasteiger partial charge >= 0.3 is 0 Å². The number of nitrogens with one attached hydrogen (secondary N) is 1. The van der Waals surface area contributed by atoms with E-state index in [0.29, 0.717) is 24.3 Å². The standard InChI is InChI=1S/C24H29FN2O2/c1-2-24(29)26-22-6-3-5-20(17-22)18-12-15-27(16-13-18)14-4-7-23(28)19-8-10-21(25)11-9-19/h3,5-6,8-11,17-18H,2,4,7,12-16H2,1H3,(H,26,29). The third-order valence-electron chi connectivity index (χ3n) is 5.59. The average Bonchev–Trinajstić information content (AvgIpc) is 2.74. The number of ketones is 1. The SMILES string of the molecule is CCC(=O)Nc1cccc(C2CCN(CCCC(=O)c3ccc(F)cc3)CC2)c1. The third kappa shape index (κ3) is 6.23. The van der Waals surface area contributed by atoms with E-state index in [0.717, 1.165) is 44.6 Å². The highest BCUT2D eigenvalue weighted by Gasteiger charge is 2.21. The second kappa shape index (κ2) is 10.3. The number of anilines is 1. The molecule has 0 aliphatic carbocycles. The molecule has 0 unspecified atom stereocenters. The van der Waals surface area contributed by atoms with Crippen LogP contribution in [0.1, 0.15) is 60.9 Å². The minimum Gasteiger partial charge on any atom is -0.326 e. The van der Waals surface area contributed by atoms with Crippen molar-refractivity contribution in [1.29, 1.82) is 0 Å². The summed E-state index contributed by atoms with van der Waals surface area (Å²) in [5, 5.41) is 2.93. The maximum atomic E-state index is 13.0. The summed E-state index contributed by atoms with van der Waals surface area (Å²) in [6.07, 6.45) is 3.95. The van der Waals surface area contributed by atoms with Crippen LogP contribution >= 0.6 is 0 Å². The number of carbonyl (C=O) groups is 2. The van der Waals surface area contributed by atoms with Crippen LogP contribution in [0, 0.1) is 5.82 Å². The van der Waals surface area contributed by atoms with Crippen molar-refractivity contribution in [2.45, 2.75) is 44.9 Å². The van der Waals surface area contributed by atoms with Crippen LogP contribution in [-0.2, 0) is 4.79 Å². The van der Waals surface area contributed by atoms with Crippen LogP contribution in [0.15, 0.2) is 48.5 Å². The molecule has 3 rings (SSSR count). The molecule has 1 N–H and O–H groups in total. The first-order chi connectivity index (χ1) is 14.0. The summed E-state index contributed by atoms with van der Waals surface area (Å²) in [6.45, 7) is 4.79. The first-order valence-electron chi connectivity index (χ1n) is 10.5. The maximum absolute atomic E-state index is 13.0. The zero-order valence-electron chi connectivity index (χ0n) is 17.0. The Morgan fingerprint density at radius 2 is 1.83 bits per heavy atom. The molecule has 2 aromatic rings. The molecule has 29 heavy (non-hydrogen) atoms. The number of amides is 1. The molecular formula is C24H29FN2O2. The van der Waals surface area contributed by atoms with Crippen molar-refractivity contribution in [3.05, 3.63) is 65.5 Å². The zero-order chi connectivity index (χ0) is 20.6. The molecular weight excluding hydrogens is 367 g/mol. The lowest BCUT2D eigenvalue weighted by molar-refractivity contribution is -0.115. The smallest absolute Gasteiger partial charge is 0.224 e. The van der Waals surface area contributed by atoms with Gasteiger partial charge in [-0.05, 0) is 86.8 Å². The van der Waals surface area contributed by atoms with Crippen LogP contribution in [0.4, 0.5) is 10.1 Å². The molecule has 1 aliphatic heterocycles. The van der Waals surface area contributed by atoms with Gasteiger partial charge in [0.2, 0.25) is 5.91 Å². The number of halogens is 1. The van der Waals surface area contributed by atoms with Crippen molar-refractivity contribution in [3.8, 4) is 0 Å². The lowest BCUT2D eigenvalue weighted by Gasteiger charge is -2.32. The van der Waals surface area contributed by atoms with E-state index in [-0.39, 0.29) is 17.5 Å². The fourth-order valence-electron chi connectivity index (χ4n) is 3.85. The molecule has 0 bridgehead atoms. The molecule has 0 spiro atoms. The molecule has 1 fully saturated rings. The van der Waals surface area contributed by atoms with Gasteiger partial charge in [0.15, 0.2) is 5.78 Å². The molecule has 2 aromatic carbocycles. The Hall–Kier alpha value is -2.53. The summed E-state index contributed by atoms with van der Waals surface area (Å²) in [7, 11) is 0. The highest BCUT2D eigenvalue weighted by molar-refractivity contribution is 5.96. The molecule has 154 valence electrons. The molecule has 1 amide bonds. The molecule has 0 saturated carbocycles. The Morgan fingerprint density at radius 1 is 1.10 bits per heavy atom. The van der Waals surface area contributed by atoms with Gasteiger partial charge in [-0.1, -0.05) is 19.1 Å². The fourth-order valence-corrected chi connectivity index (χ4v) is 3.85. The predicted molar refractivity (Wildman–Crippen MR) is 114 cm³/mol. The van der Waals surface area contributed by atoms with Crippen LogP contribution < -0.4 is 5.32 Å². The number of carbonyl (C=O) groups excluding carboxylic acids is 2. The minimum atomic E-state index is -0.317. The second-order valence-electron chi connectivity index (χ2n) is 7.68. The third-order valence-corrected chi connectivity index (χ3v) is 5.59. The largest absolute Gasteiger partial charge is 0.326 e. The van der Waals surface area contributed by atoms with Gasteiger partial charge in [0.25, 0.3) is 0 Å². The van der Waals surface area contributed by atoms with Crippen LogP contribution in [0.5, 0.6) is 0 Å². The number of rotatable bonds is 8. The molecule has 4 nitrogen and oxygen atoms in total. The Balaban J connectivity index is 1.42. The van der Waals surface area contributed by atoms with Crippen molar-refractivity contribution in [3.63, 3.8) is 0 Å². The van der Waals surface area contributed by atoms with E-state index < -0.39 is 0 Å². The number of likely N-dealkylation sites (tertiary alicyclic amines) is 1. The second-order valence-corrected chi connectivity index (χ2v) is 7.68. The van der Waals surface area contributed by atoms with Crippen molar-refractivity contribution in [2.75, 3.05) is 25.0 Å². The lowest BCUT2D eigenvalue weighted by atomic mass is 9.89. The average molecular weight is 397 g/mol. The minimum absolute atomic E-state index is 0.0344. The van der Waals surface area contributed by atoms with Gasteiger partial charge in [0.05, 0.1) is 0 Å². The number of benzene rings is 2. The van der Waals surface area contributed by atoms with E-state index >= 15 is 0 Å². The first kappa shape index (κ1) is 21.2. The van der Waals surface area contributed by atoms with Crippen LogP contribution in [0.25, 0.3) is 0 Å².